The van der Waals surface area contributed by atoms with Crippen molar-refractivity contribution in [3.8, 4) is 5.75 Å². The SMILES string of the molecule is Cc1cc(C(=O)N/N=C/c2ccc(O)cc2)ccn1. The topological polar surface area (TPSA) is 74.6 Å². The number of hydrogen-bond acceptors (Lipinski definition) is 4. The number of carbonyl (C=O) groups is 1. The van der Waals surface area contributed by atoms with Crippen LogP contribution >= 0.6 is 0 Å². The number of aromatic nitrogens is 1. The molecule has 0 fully saturated rings. The van der Waals surface area contributed by atoms with E-state index < -0.39 is 0 Å². The van der Waals surface area contributed by atoms with E-state index in [2.05, 4.69) is 15.5 Å². The number of nitrogens with zero attached hydrogens (tertiary/aromatic N) is 2. The Labute approximate surface area is 110 Å². The molecule has 2 rings (SSSR count). The molecule has 0 saturated heterocycles. The Morgan fingerprint density at radius 2 is 2.05 bits per heavy atom. The van der Waals surface area contributed by atoms with Crippen LogP contribution in [0.15, 0.2) is 47.7 Å². The Hall–Kier alpha value is -2.69. The van der Waals surface area contributed by atoms with Crippen LogP contribution in [0.5, 0.6) is 5.75 Å². The summed E-state index contributed by atoms with van der Waals surface area (Å²) in [5.41, 5.74) is 4.49. The maximum absolute atomic E-state index is 11.7. The molecule has 0 bridgehead atoms. The van der Waals surface area contributed by atoms with Gasteiger partial charge in [-0.05, 0) is 48.9 Å². The number of aromatic hydroxyl groups is 1. The van der Waals surface area contributed by atoms with E-state index in [-0.39, 0.29) is 11.7 Å². The van der Waals surface area contributed by atoms with Crippen LogP contribution in [-0.4, -0.2) is 22.2 Å². The Morgan fingerprint density at radius 3 is 2.74 bits per heavy atom. The molecule has 0 atom stereocenters. The number of aryl methyl sites for hydroxylation is 1. The fourth-order valence-electron chi connectivity index (χ4n) is 1.48. The summed E-state index contributed by atoms with van der Waals surface area (Å²) in [5.74, 6) is -0.103. The highest BCUT2D eigenvalue weighted by molar-refractivity contribution is 5.94. The molecule has 1 heterocycles. The standard InChI is InChI=1S/C14H13N3O2/c1-10-8-12(6-7-15-10)14(19)17-16-9-11-2-4-13(18)5-3-11/h2-9,18H,1H3,(H,17,19)/b16-9+. The van der Waals surface area contributed by atoms with Crippen molar-refractivity contribution >= 4 is 12.1 Å². The summed E-state index contributed by atoms with van der Waals surface area (Å²) in [5, 5.41) is 13.0. The van der Waals surface area contributed by atoms with E-state index in [0.717, 1.165) is 11.3 Å². The second-order valence-electron chi connectivity index (χ2n) is 3.98. The first-order valence-electron chi connectivity index (χ1n) is 5.70. The Kier molecular flexibility index (Phi) is 3.87. The zero-order valence-corrected chi connectivity index (χ0v) is 10.4. The van der Waals surface area contributed by atoms with Crippen molar-refractivity contribution in [2.75, 3.05) is 0 Å². The highest BCUT2D eigenvalue weighted by atomic mass is 16.3. The summed E-state index contributed by atoms with van der Waals surface area (Å²) in [6, 6.07) is 9.80. The number of amides is 1. The molecule has 0 aliphatic carbocycles. The molecule has 2 N–H and O–H groups in total. The summed E-state index contributed by atoms with van der Waals surface area (Å²) in [7, 11) is 0. The molecule has 0 saturated carbocycles. The molecule has 2 aromatic rings. The summed E-state index contributed by atoms with van der Waals surface area (Å²) >= 11 is 0. The van der Waals surface area contributed by atoms with Crippen molar-refractivity contribution in [2.45, 2.75) is 6.92 Å². The van der Waals surface area contributed by atoms with Crippen molar-refractivity contribution in [3.05, 3.63) is 59.4 Å². The molecule has 5 nitrogen and oxygen atoms in total. The quantitative estimate of drug-likeness (QED) is 0.649. The molecule has 5 heteroatoms. The number of nitrogens with one attached hydrogen (secondary N) is 1. The summed E-state index contributed by atoms with van der Waals surface area (Å²) in [6.07, 6.45) is 3.08. The van der Waals surface area contributed by atoms with Gasteiger partial charge in [0.25, 0.3) is 5.91 Å². The van der Waals surface area contributed by atoms with Crippen LogP contribution in [0.4, 0.5) is 0 Å². The lowest BCUT2D eigenvalue weighted by Crippen LogP contribution is -2.17. The molecule has 1 aromatic carbocycles. The Morgan fingerprint density at radius 1 is 1.32 bits per heavy atom. The zero-order valence-electron chi connectivity index (χ0n) is 10.4. The minimum Gasteiger partial charge on any atom is -0.508 e. The van der Waals surface area contributed by atoms with Crippen molar-refractivity contribution in [3.63, 3.8) is 0 Å². The van der Waals surface area contributed by atoms with Crippen molar-refractivity contribution in [1.82, 2.24) is 10.4 Å². The van der Waals surface area contributed by atoms with E-state index >= 15 is 0 Å². The predicted molar refractivity (Wildman–Crippen MR) is 72.1 cm³/mol. The second kappa shape index (κ2) is 5.77. The molecular formula is C14H13N3O2. The molecule has 0 aliphatic rings. The first-order valence-corrected chi connectivity index (χ1v) is 5.70. The summed E-state index contributed by atoms with van der Waals surface area (Å²) in [4.78, 5) is 15.8. The van der Waals surface area contributed by atoms with Crippen molar-refractivity contribution in [1.29, 1.82) is 0 Å². The normalized spacial score (nSPS) is 10.6. The molecule has 0 aliphatic heterocycles. The molecule has 0 radical (unpaired) electrons. The van der Waals surface area contributed by atoms with Crippen molar-refractivity contribution < 1.29 is 9.90 Å². The van der Waals surface area contributed by atoms with Crippen LogP contribution in [0.25, 0.3) is 0 Å². The van der Waals surface area contributed by atoms with Gasteiger partial charge in [-0.25, -0.2) is 5.43 Å². The maximum Gasteiger partial charge on any atom is 0.271 e. The van der Waals surface area contributed by atoms with Gasteiger partial charge in [0, 0.05) is 17.5 Å². The number of phenols is 1. The van der Waals surface area contributed by atoms with Gasteiger partial charge in [0.15, 0.2) is 0 Å². The highest BCUT2D eigenvalue weighted by Crippen LogP contribution is 2.07. The van der Waals surface area contributed by atoms with Gasteiger partial charge in [-0.2, -0.15) is 5.10 Å². The van der Waals surface area contributed by atoms with Crippen LogP contribution in [0, 0.1) is 6.92 Å². The number of hydrogen-bond donors (Lipinski definition) is 2. The molecular weight excluding hydrogens is 242 g/mol. The van der Waals surface area contributed by atoms with Gasteiger partial charge < -0.3 is 5.11 Å². The van der Waals surface area contributed by atoms with E-state index in [1.807, 2.05) is 6.92 Å². The summed E-state index contributed by atoms with van der Waals surface area (Å²) < 4.78 is 0. The van der Waals surface area contributed by atoms with Crippen LogP contribution < -0.4 is 5.43 Å². The third kappa shape index (κ3) is 3.64. The number of phenolic OH excluding ortho intramolecular Hbond substituents is 1. The zero-order chi connectivity index (χ0) is 13.7. The van der Waals surface area contributed by atoms with Crippen molar-refractivity contribution in [2.24, 2.45) is 5.10 Å². The average molecular weight is 255 g/mol. The first kappa shape index (κ1) is 12.8. The maximum atomic E-state index is 11.7. The van der Waals surface area contributed by atoms with E-state index in [9.17, 15) is 4.79 Å². The van der Waals surface area contributed by atoms with Gasteiger partial charge >= 0.3 is 0 Å². The average Bonchev–Trinajstić information content (AvgIpc) is 2.41. The second-order valence-corrected chi connectivity index (χ2v) is 3.98. The molecule has 0 unspecified atom stereocenters. The Balaban J connectivity index is 1.98. The fourth-order valence-corrected chi connectivity index (χ4v) is 1.48. The highest BCUT2D eigenvalue weighted by Gasteiger charge is 2.03. The molecule has 1 aromatic heterocycles. The molecule has 19 heavy (non-hydrogen) atoms. The Bertz CT molecular complexity index is 606. The number of carbonyl (C=O) groups excluding carboxylic acids is 1. The van der Waals surface area contributed by atoms with E-state index in [4.69, 9.17) is 5.11 Å². The van der Waals surface area contributed by atoms with Gasteiger partial charge in [-0.3, -0.25) is 9.78 Å². The van der Waals surface area contributed by atoms with E-state index in [1.54, 1.807) is 42.6 Å². The smallest absolute Gasteiger partial charge is 0.271 e. The number of rotatable bonds is 3. The van der Waals surface area contributed by atoms with E-state index in [0.29, 0.717) is 5.56 Å². The minimum absolute atomic E-state index is 0.188. The largest absolute Gasteiger partial charge is 0.508 e. The lowest BCUT2D eigenvalue weighted by Gasteiger charge is -2.00. The predicted octanol–water partition coefficient (Wildman–Crippen LogP) is 1.86. The number of hydrazone groups is 1. The lowest BCUT2D eigenvalue weighted by atomic mass is 10.2. The first-order chi connectivity index (χ1) is 9.15. The number of benzene rings is 1. The molecule has 96 valence electrons. The fraction of sp³-hybridized carbons (Fsp3) is 0.0714. The van der Waals surface area contributed by atoms with Gasteiger partial charge in [-0.15, -0.1) is 0 Å². The monoisotopic (exact) mass is 255 g/mol. The van der Waals surface area contributed by atoms with Crippen LogP contribution in [0.3, 0.4) is 0 Å². The van der Waals surface area contributed by atoms with Gasteiger partial charge in [-0.1, -0.05) is 0 Å². The van der Waals surface area contributed by atoms with Gasteiger partial charge in [0.2, 0.25) is 0 Å². The van der Waals surface area contributed by atoms with Crippen LogP contribution in [0.1, 0.15) is 21.6 Å². The lowest BCUT2D eigenvalue weighted by molar-refractivity contribution is 0.0955. The van der Waals surface area contributed by atoms with Crippen LogP contribution in [-0.2, 0) is 0 Å². The third-order valence-corrected chi connectivity index (χ3v) is 2.43. The molecule has 1 amide bonds. The minimum atomic E-state index is -0.291. The van der Waals surface area contributed by atoms with Gasteiger partial charge in [0.05, 0.1) is 6.21 Å². The number of pyridine rings is 1. The van der Waals surface area contributed by atoms with E-state index in [1.165, 1.54) is 6.21 Å². The van der Waals surface area contributed by atoms with Gasteiger partial charge in [0.1, 0.15) is 5.75 Å². The summed E-state index contributed by atoms with van der Waals surface area (Å²) in [6.45, 7) is 1.82. The third-order valence-electron chi connectivity index (χ3n) is 2.43. The van der Waals surface area contributed by atoms with Crippen LogP contribution in [0.2, 0.25) is 0 Å². The molecule has 0 spiro atoms.